The van der Waals surface area contributed by atoms with E-state index < -0.39 is 0 Å². The Balaban J connectivity index is 1.72. The molecule has 168 valence electrons. The number of alkyl halides is 1. The van der Waals surface area contributed by atoms with E-state index >= 15 is 0 Å². The van der Waals surface area contributed by atoms with Crippen molar-refractivity contribution in [3.05, 3.63) is 71.9 Å². The minimum atomic E-state index is -0.318. The smallest absolute Gasteiger partial charge is 0.311 e. The Labute approximate surface area is 200 Å². The van der Waals surface area contributed by atoms with Crippen LogP contribution < -0.4 is 0 Å². The number of aromatic nitrogens is 1. The molecule has 1 atom stereocenters. The number of para-hydroxylation sites is 1. The van der Waals surface area contributed by atoms with Gasteiger partial charge >= 0.3 is 5.97 Å². The van der Waals surface area contributed by atoms with Crippen LogP contribution in [0.4, 0.5) is 0 Å². The van der Waals surface area contributed by atoms with Gasteiger partial charge in [0.25, 0.3) is 0 Å². The Morgan fingerprint density at radius 2 is 1.84 bits per heavy atom. The molecule has 4 heteroatoms. The van der Waals surface area contributed by atoms with Gasteiger partial charge in [-0.25, -0.2) is 0 Å². The fraction of sp³-hybridized carbons (Fsp3) is 0.393. The Morgan fingerprint density at radius 1 is 1.06 bits per heavy atom. The zero-order chi connectivity index (χ0) is 22.6. The highest BCUT2D eigenvalue weighted by atomic mass is 79.9. The summed E-state index contributed by atoms with van der Waals surface area (Å²) in [6.45, 7) is 2.95. The minimum Gasteiger partial charge on any atom is -0.449 e. The maximum absolute atomic E-state index is 12.8. The van der Waals surface area contributed by atoms with Gasteiger partial charge in [0.2, 0.25) is 0 Å². The average molecular weight is 494 g/mol. The molecule has 32 heavy (non-hydrogen) atoms. The Bertz CT molecular complexity index is 1050. The summed E-state index contributed by atoms with van der Waals surface area (Å²) in [4.78, 5) is 12.8. The molecule has 0 fully saturated rings. The monoisotopic (exact) mass is 493 g/mol. The van der Waals surface area contributed by atoms with Crippen LogP contribution in [0.3, 0.4) is 0 Å². The predicted molar refractivity (Wildman–Crippen MR) is 136 cm³/mol. The van der Waals surface area contributed by atoms with Crippen LogP contribution in [0.25, 0.3) is 10.9 Å². The van der Waals surface area contributed by atoms with E-state index in [0.29, 0.717) is 0 Å². The first-order valence-corrected chi connectivity index (χ1v) is 12.7. The lowest BCUT2D eigenvalue weighted by Gasteiger charge is -2.12. The van der Waals surface area contributed by atoms with Crippen molar-refractivity contribution in [1.82, 2.24) is 4.57 Å². The zero-order valence-corrected chi connectivity index (χ0v) is 20.4. The zero-order valence-electron chi connectivity index (χ0n) is 18.9. The number of hydrogen-bond donors (Lipinski definition) is 0. The van der Waals surface area contributed by atoms with Crippen LogP contribution >= 0.6 is 15.9 Å². The molecule has 0 N–H and O–H groups in total. The maximum Gasteiger partial charge on any atom is 0.311 e. The quantitative estimate of drug-likeness (QED) is 0.126. The summed E-state index contributed by atoms with van der Waals surface area (Å²) in [5.74, 6) is 6.16. The molecule has 0 amide bonds. The number of esters is 1. The Hall–Kier alpha value is -2.51. The highest BCUT2D eigenvalue weighted by Gasteiger charge is 2.16. The summed E-state index contributed by atoms with van der Waals surface area (Å²) in [5, 5.41) is 2.04. The third-order valence-electron chi connectivity index (χ3n) is 5.44. The highest BCUT2D eigenvalue weighted by Crippen LogP contribution is 2.23. The number of unbranched alkanes of at least 4 members (excludes halogenated alkanes) is 3. The molecule has 1 heterocycles. The van der Waals surface area contributed by atoms with E-state index in [2.05, 4.69) is 81.9 Å². The molecule has 0 radical (unpaired) electrons. The van der Waals surface area contributed by atoms with Gasteiger partial charge in [-0.15, -0.1) is 0 Å². The van der Waals surface area contributed by atoms with Crippen molar-refractivity contribution >= 4 is 32.8 Å². The van der Waals surface area contributed by atoms with E-state index in [1.54, 1.807) is 0 Å². The summed E-state index contributed by atoms with van der Waals surface area (Å²) in [5.41, 5.74) is 3.37. The van der Waals surface area contributed by atoms with Crippen LogP contribution in [0.2, 0.25) is 0 Å². The minimum absolute atomic E-state index is 0.205. The number of carbonyl (C=O) groups excluding carboxylic acids is 1. The van der Waals surface area contributed by atoms with Crippen molar-refractivity contribution < 1.29 is 9.53 Å². The van der Waals surface area contributed by atoms with Crippen molar-refractivity contribution in [3.63, 3.8) is 0 Å². The molecule has 0 aliphatic heterocycles. The predicted octanol–water partition coefficient (Wildman–Crippen LogP) is 6.90. The molecule has 1 aromatic heterocycles. The van der Waals surface area contributed by atoms with Gasteiger partial charge < -0.3 is 9.30 Å². The second-order valence-corrected chi connectivity index (χ2v) is 8.84. The standard InChI is InChI=1S/C28H32BrNO2/c1-2-3-6-15-25(16-9-5-12-19-29)32-28(31)20-24-22-30(21-23-13-7-4-8-14-23)27-18-11-10-17-26(24)27/h4,7-8,10-11,13-14,17-18,22,25H,2-3,5-6,12,15,19-21H2,1H3. The SMILES string of the molecule is CCCCCC(C#CCCCBr)OC(=O)Cc1cn(Cc2ccccc2)c2ccccc12. The molecule has 3 rings (SSSR count). The molecule has 3 aromatic rings. The topological polar surface area (TPSA) is 31.2 Å². The number of carbonyl (C=O) groups is 1. The molecule has 2 aromatic carbocycles. The molecular formula is C28H32BrNO2. The maximum atomic E-state index is 12.8. The van der Waals surface area contributed by atoms with Gasteiger partial charge in [-0.1, -0.05) is 96.1 Å². The number of nitrogens with zero attached hydrogens (tertiary/aromatic N) is 1. The number of benzene rings is 2. The summed E-state index contributed by atoms with van der Waals surface area (Å²) in [6, 6.07) is 18.6. The Kier molecular flexibility index (Phi) is 9.91. The van der Waals surface area contributed by atoms with Gasteiger partial charge in [-0.3, -0.25) is 4.79 Å². The summed E-state index contributed by atoms with van der Waals surface area (Å²) in [6.07, 6.45) is 7.95. The summed E-state index contributed by atoms with van der Waals surface area (Å²) < 4.78 is 8.04. The highest BCUT2D eigenvalue weighted by molar-refractivity contribution is 9.09. The Morgan fingerprint density at radius 3 is 2.62 bits per heavy atom. The van der Waals surface area contributed by atoms with Crippen molar-refractivity contribution in [2.24, 2.45) is 0 Å². The van der Waals surface area contributed by atoms with Crippen molar-refractivity contribution in [1.29, 1.82) is 0 Å². The second kappa shape index (κ2) is 13.1. The number of halogens is 1. The molecular weight excluding hydrogens is 462 g/mol. The van der Waals surface area contributed by atoms with Crippen LogP contribution in [0, 0.1) is 11.8 Å². The van der Waals surface area contributed by atoms with E-state index in [4.69, 9.17) is 4.74 Å². The van der Waals surface area contributed by atoms with Crippen LogP contribution in [-0.2, 0) is 22.5 Å². The van der Waals surface area contributed by atoms with E-state index in [9.17, 15) is 4.79 Å². The molecule has 0 aliphatic carbocycles. The van der Waals surface area contributed by atoms with E-state index in [0.717, 1.165) is 66.9 Å². The lowest BCUT2D eigenvalue weighted by Crippen LogP contribution is -2.18. The third kappa shape index (κ3) is 7.28. The fourth-order valence-corrected chi connectivity index (χ4v) is 4.09. The van der Waals surface area contributed by atoms with E-state index in [-0.39, 0.29) is 18.5 Å². The second-order valence-electron chi connectivity index (χ2n) is 8.05. The summed E-state index contributed by atoms with van der Waals surface area (Å²) in [7, 11) is 0. The largest absolute Gasteiger partial charge is 0.449 e. The first-order chi connectivity index (χ1) is 15.7. The van der Waals surface area contributed by atoms with Crippen LogP contribution in [0.5, 0.6) is 0 Å². The van der Waals surface area contributed by atoms with Gasteiger partial charge in [-0.2, -0.15) is 0 Å². The molecule has 0 saturated carbocycles. The lowest BCUT2D eigenvalue weighted by molar-refractivity contribution is -0.145. The van der Waals surface area contributed by atoms with Crippen molar-refractivity contribution in [2.75, 3.05) is 5.33 Å². The number of fused-ring (bicyclic) bond motifs is 1. The van der Waals surface area contributed by atoms with E-state index in [1.807, 2.05) is 18.2 Å². The molecule has 0 spiro atoms. The van der Waals surface area contributed by atoms with Crippen LogP contribution in [-0.4, -0.2) is 22.0 Å². The van der Waals surface area contributed by atoms with Gasteiger partial charge in [0, 0.05) is 35.4 Å². The van der Waals surface area contributed by atoms with Gasteiger partial charge in [0.05, 0.1) is 6.42 Å². The van der Waals surface area contributed by atoms with Gasteiger partial charge in [0.15, 0.2) is 6.10 Å². The van der Waals surface area contributed by atoms with Crippen molar-refractivity contribution in [2.45, 2.75) is 64.5 Å². The number of rotatable bonds is 11. The normalized spacial score (nSPS) is 11.7. The molecule has 0 bridgehead atoms. The van der Waals surface area contributed by atoms with Gasteiger partial charge in [0.1, 0.15) is 0 Å². The molecule has 1 unspecified atom stereocenters. The van der Waals surface area contributed by atoms with Crippen LogP contribution in [0.1, 0.15) is 56.6 Å². The fourth-order valence-electron chi connectivity index (χ4n) is 3.81. The first kappa shape index (κ1) is 24.1. The molecule has 3 nitrogen and oxygen atoms in total. The van der Waals surface area contributed by atoms with Crippen molar-refractivity contribution in [3.8, 4) is 11.8 Å². The number of hydrogen-bond acceptors (Lipinski definition) is 2. The lowest BCUT2D eigenvalue weighted by atomic mass is 10.1. The molecule has 0 saturated heterocycles. The van der Waals surface area contributed by atoms with E-state index in [1.165, 1.54) is 5.56 Å². The third-order valence-corrected chi connectivity index (χ3v) is 6.00. The molecule has 0 aliphatic rings. The summed E-state index contributed by atoms with van der Waals surface area (Å²) >= 11 is 3.43. The first-order valence-electron chi connectivity index (χ1n) is 11.6. The number of ether oxygens (including phenoxy) is 1. The van der Waals surface area contributed by atoms with Crippen LogP contribution in [0.15, 0.2) is 60.8 Å². The van der Waals surface area contributed by atoms with Gasteiger partial charge in [-0.05, 0) is 36.5 Å². The average Bonchev–Trinajstić information content (AvgIpc) is 3.14.